The van der Waals surface area contributed by atoms with Crippen molar-refractivity contribution in [2.75, 3.05) is 13.7 Å². The lowest BCUT2D eigenvalue weighted by atomic mass is 9.91. The van der Waals surface area contributed by atoms with Crippen LogP contribution in [0.15, 0.2) is 24.3 Å². The van der Waals surface area contributed by atoms with Gasteiger partial charge < -0.3 is 10.1 Å². The Balaban J connectivity index is 1.85. The van der Waals surface area contributed by atoms with Crippen molar-refractivity contribution in [3.63, 3.8) is 0 Å². The molecule has 1 aromatic rings. The third-order valence-electron chi connectivity index (χ3n) is 4.11. The van der Waals surface area contributed by atoms with Crippen LogP contribution in [0.3, 0.4) is 0 Å². The van der Waals surface area contributed by atoms with Crippen LogP contribution in [0, 0.1) is 11.8 Å². The van der Waals surface area contributed by atoms with Crippen LogP contribution in [0.2, 0.25) is 0 Å². The van der Waals surface area contributed by atoms with Crippen molar-refractivity contribution in [3.05, 3.63) is 29.8 Å². The summed E-state index contributed by atoms with van der Waals surface area (Å²) in [7, 11) is 1.72. The Kier molecular flexibility index (Phi) is 5.90. The molecule has 0 bridgehead atoms. The highest BCUT2D eigenvalue weighted by Gasteiger charge is 2.22. The summed E-state index contributed by atoms with van der Waals surface area (Å²) in [6, 6.07) is 9.37. The molecule has 0 amide bonds. The van der Waals surface area contributed by atoms with E-state index in [0.717, 1.165) is 23.6 Å². The Morgan fingerprint density at radius 3 is 2.40 bits per heavy atom. The number of benzene rings is 1. The Bertz CT molecular complexity index is 375. The molecule has 2 rings (SSSR count). The standard InChI is InChI=1S/C18H29NO/c1-14(2)4-5-16(13-19-17-8-9-17)12-15-6-10-18(20-3)11-7-15/h6-7,10-11,14,16-17,19H,4-5,8-9,12-13H2,1-3H3. The van der Waals surface area contributed by atoms with Crippen LogP contribution in [-0.2, 0) is 6.42 Å². The molecule has 1 saturated carbocycles. The second kappa shape index (κ2) is 7.68. The van der Waals surface area contributed by atoms with Gasteiger partial charge in [-0.2, -0.15) is 0 Å². The molecular weight excluding hydrogens is 246 g/mol. The van der Waals surface area contributed by atoms with Crippen LogP contribution in [0.4, 0.5) is 0 Å². The first-order valence-electron chi connectivity index (χ1n) is 8.03. The number of ether oxygens (including phenoxy) is 1. The van der Waals surface area contributed by atoms with Gasteiger partial charge in [0, 0.05) is 6.04 Å². The zero-order chi connectivity index (χ0) is 14.4. The number of rotatable bonds is 9. The number of hydrogen-bond acceptors (Lipinski definition) is 2. The summed E-state index contributed by atoms with van der Waals surface area (Å²) in [4.78, 5) is 0. The maximum absolute atomic E-state index is 5.23. The summed E-state index contributed by atoms with van der Waals surface area (Å²) in [5.74, 6) is 2.50. The maximum atomic E-state index is 5.23. The van der Waals surface area contributed by atoms with Gasteiger partial charge in [-0.05, 0) is 61.8 Å². The van der Waals surface area contributed by atoms with Gasteiger partial charge in [0.2, 0.25) is 0 Å². The SMILES string of the molecule is COc1ccc(CC(CCC(C)C)CNC2CC2)cc1. The van der Waals surface area contributed by atoms with Crippen molar-refractivity contribution in [1.29, 1.82) is 0 Å². The molecule has 0 aliphatic heterocycles. The third-order valence-corrected chi connectivity index (χ3v) is 4.11. The molecule has 0 radical (unpaired) electrons. The van der Waals surface area contributed by atoms with Gasteiger partial charge in [-0.15, -0.1) is 0 Å². The van der Waals surface area contributed by atoms with Gasteiger partial charge in [-0.25, -0.2) is 0 Å². The van der Waals surface area contributed by atoms with Gasteiger partial charge in [-0.3, -0.25) is 0 Å². The predicted molar refractivity (Wildman–Crippen MR) is 85.3 cm³/mol. The van der Waals surface area contributed by atoms with Crippen molar-refractivity contribution in [3.8, 4) is 5.75 Å². The highest BCUT2D eigenvalue weighted by Crippen LogP contribution is 2.22. The Morgan fingerprint density at radius 1 is 1.15 bits per heavy atom. The van der Waals surface area contributed by atoms with E-state index < -0.39 is 0 Å². The second-order valence-electron chi connectivity index (χ2n) is 6.57. The molecule has 1 fully saturated rings. The molecule has 1 N–H and O–H groups in total. The smallest absolute Gasteiger partial charge is 0.118 e. The van der Waals surface area contributed by atoms with Gasteiger partial charge in [0.25, 0.3) is 0 Å². The van der Waals surface area contributed by atoms with Gasteiger partial charge >= 0.3 is 0 Å². The molecule has 112 valence electrons. The zero-order valence-electron chi connectivity index (χ0n) is 13.2. The summed E-state index contributed by atoms with van der Waals surface area (Å²) in [6.07, 6.45) is 6.58. The van der Waals surface area contributed by atoms with E-state index in [1.807, 2.05) is 0 Å². The lowest BCUT2D eigenvalue weighted by Crippen LogP contribution is -2.26. The summed E-state index contributed by atoms with van der Waals surface area (Å²) < 4.78 is 5.23. The summed E-state index contributed by atoms with van der Waals surface area (Å²) in [5.41, 5.74) is 1.43. The molecule has 2 nitrogen and oxygen atoms in total. The normalized spacial score (nSPS) is 16.4. The molecule has 1 aliphatic rings. The van der Waals surface area contributed by atoms with E-state index in [4.69, 9.17) is 4.74 Å². The van der Waals surface area contributed by atoms with Crippen molar-refractivity contribution >= 4 is 0 Å². The Labute approximate surface area is 123 Å². The van der Waals surface area contributed by atoms with E-state index >= 15 is 0 Å². The molecule has 1 atom stereocenters. The lowest BCUT2D eigenvalue weighted by molar-refractivity contribution is 0.396. The summed E-state index contributed by atoms with van der Waals surface area (Å²) >= 11 is 0. The van der Waals surface area contributed by atoms with Crippen LogP contribution < -0.4 is 10.1 Å². The van der Waals surface area contributed by atoms with E-state index in [-0.39, 0.29) is 0 Å². The molecule has 1 aromatic carbocycles. The van der Waals surface area contributed by atoms with E-state index in [1.165, 1.54) is 44.2 Å². The van der Waals surface area contributed by atoms with E-state index in [9.17, 15) is 0 Å². The highest BCUT2D eigenvalue weighted by molar-refractivity contribution is 5.27. The first kappa shape index (κ1) is 15.4. The van der Waals surface area contributed by atoms with Crippen LogP contribution in [-0.4, -0.2) is 19.7 Å². The Morgan fingerprint density at radius 2 is 1.85 bits per heavy atom. The van der Waals surface area contributed by atoms with Gasteiger partial charge in [0.15, 0.2) is 0 Å². The molecule has 1 aliphatic carbocycles. The average molecular weight is 275 g/mol. The zero-order valence-corrected chi connectivity index (χ0v) is 13.2. The molecule has 0 aromatic heterocycles. The van der Waals surface area contributed by atoms with E-state index in [2.05, 4.69) is 43.4 Å². The monoisotopic (exact) mass is 275 g/mol. The highest BCUT2D eigenvalue weighted by atomic mass is 16.5. The number of nitrogens with one attached hydrogen (secondary N) is 1. The van der Waals surface area contributed by atoms with Gasteiger partial charge in [0.1, 0.15) is 5.75 Å². The molecule has 20 heavy (non-hydrogen) atoms. The average Bonchev–Trinajstić information content (AvgIpc) is 3.26. The van der Waals surface area contributed by atoms with Crippen LogP contribution in [0.1, 0.15) is 45.1 Å². The van der Waals surface area contributed by atoms with Crippen molar-refractivity contribution in [1.82, 2.24) is 5.32 Å². The molecule has 0 spiro atoms. The molecule has 0 heterocycles. The lowest BCUT2D eigenvalue weighted by Gasteiger charge is -2.19. The van der Waals surface area contributed by atoms with Gasteiger partial charge in [0.05, 0.1) is 7.11 Å². The number of hydrogen-bond donors (Lipinski definition) is 1. The summed E-state index contributed by atoms with van der Waals surface area (Å²) in [6.45, 7) is 5.81. The van der Waals surface area contributed by atoms with Crippen molar-refractivity contribution in [2.24, 2.45) is 11.8 Å². The summed E-state index contributed by atoms with van der Waals surface area (Å²) in [5, 5.41) is 3.70. The first-order valence-corrected chi connectivity index (χ1v) is 8.03. The molecule has 0 saturated heterocycles. The van der Waals surface area contributed by atoms with Crippen molar-refractivity contribution < 1.29 is 4.74 Å². The fourth-order valence-electron chi connectivity index (χ4n) is 2.56. The topological polar surface area (TPSA) is 21.3 Å². The maximum Gasteiger partial charge on any atom is 0.118 e. The largest absolute Gasteiger partial charge is 0.497 e. The fourth-order valence-corrected chi connectivity index (χ4v) is 2.56. The van der Waals surface area contributed by atoms with Crippen LogP contribution in [0.5, 0.6) is 5.75 Å². The molecule has 1 unspecified atom stereocenters. The van der Waals surface area contributed by atoms with Crippen LogP contribution in [0.25, 0.3) is 0 Å². The first-order chi connectivity index (χ1) is 9.67. The molecule has 2 heteroatoms. The number of methoxy groups -OCH3 is 1. The van der Waals surface area contributed by atoms with E-state index in [1.54, 1.807) is 7.11 Å². The minimum Gasteiger partial charge on any atom is -0.497 e. The van der Waals surface area contributed by atoms with E-state index in [0.29, 0.717) is 0 Å². The minimum atomic E-state index is 0.756. The van der Waals surface area contributed by atoms with Gasteiger partial charge in [-0.1, -0.05) is 32.4 Å². The minimum absolute atomic E-state index is 0.756. The van der Waals surface area contributed by atoms with Crippen LogP contribution >= 0.6 is 0 Å². The quantitative estimate of drug-likeness (QED) is 0.734. The third kappa shape index (κ3) is 5.54. The predicted octanol–water partition coefficient (Wildman–Crippen LogP) is 4.04. The Hall–Kier alpha value is -1.02. The fraction of sp³-hybridized carbons (Fsp3) is 0.667. The molecular formula is C18H29NO. The van der Waals surface area contributed by atoms with Crippen molar-refractivity contribution in [2.45, 2.75) is 52.0 Å². The second-order valence-corrected chi connectivity index (χ2v) is 6.57.